The van der Waals surface area contributed by atoms with Crippen LogP contribution in [-0.4, -0.2) is 11.8 Å². The summed E-state index contributed by atoms with van der Waals surface area (Å²) in [4.78, 5) is 0. The molecule has 2 aromatic rings. The lowest BCUT2D eigenvalue weighted by Gasteiger charge is -2.16. The minimum atomic E-state index is 0.128. The van der Waals surface area contributed by atoms with Crippen molar-refractivity contribution in [2.75, 3.05) is 12.3 Å². The lowest BCUT2D eigenvalue weighted by molar-refractivity contribution is 0.340. The lowest BCUT2D eigenvalue weighted by Crippen LogP contribution is -2.10. The molecule has 0 fully saturated rings. The van der Waals surface area contributed by atoms with E-state index < -0.39 is 0 Å². The summed E-state index contributed by atoms with van der Waals surface area (Å²) in [6, 6.07) is 7.85. The van der Waals surface area contributed by atoms with Gasteiger partial charge in [-0.25, -0.2) is 0 Å². The molecule has 0 aliphatic carbocycles. The van der Waals surface area contributed by atoms with Gasteiger partial charge in [-0.1, -0.05) is 38.1 Å². The Morgan fingerprint density at radius 2 is 1.85 bits per heavy atom. The highest BCUT2D eigenvalue weighted by molar-refractivity contribution is 5.75. The molecule has 0 bridgehead atoms. The monoisotopic (exact) mass is 274 g/mol. The van der Waals surface area contributed by atoms with Crippen molar-refractivity contribution in [3.8, 4) is 16.9 Å². The number of benzene rings is 1. The zero-order valence-electron chi connectivity index (χ0n) is 12.6. The molecule has 4 heteroatoms. The maximum absolute atomic E-state index is 5.93. The number of nitrogens with two attached hydrogens (primary N) is 1. The largest absolute Gasteiger partial charge is 0.494 e. The summed E-state index contributed by atoms with van der Waals surface area (Å²) in [5.74, 6) is 1.22. The predicted molar refractivity (Wildman–Crippen MR) is 80.7 cm³/mol. The normalized spacial score (nSPS) is 11.6. The van der Waals surface area contributed by atoms with Crippen LogP contribution in [0.15, 0.2) is 28.8 Å². The van der Waals surface area contributed by atoms with Crippen molar-refractivity contribution in [3.63, 3.8) is 0 Å². The van der Waals surface area contributed by atoms with Gasteiger partial charge >= 0.3 is 0 Å². The van der Waals surface area contributed by atoms with Crippen LogP contribution >= 0.6 is 0 Å². The minimum absolute atomic E-state index is 0.128. The second kappa shape index (κ2) is 5.57. The van der Waals surface area contributed by atoms with E-state index in [-0.39, 0.29) is 5.41 Å². The number of hydrogen-bond donors (Lipinski definition) is 1. The first-order valence-corrected chi connectivity index (χ1v) is 6.88. The average Bonchev–Trinajstić information content (AvgIpc) is 2.70. The number of rotatable bonds is 4. The molecule has 0 amide bonds. The van der Waals surface area contributed by atoms with E-state index in [9.17, 15) is 0 Å². The Hall–Kier alpha value is -1.97. The number of hydrogen-bond acceptors (Lipinski definition) is 4. The molecule has 108 valence electrons. The molecule has 0 spiro atoms. The number of nitrogens with zero attached hydrogens (tertiary/aromatic N) is 1. The van der Waals surface area contributed by atoms with Gasteiger partial charge in [-0.15, -0.1) is 0 Å². The summed E-state index contributed by atoms with van der Waals surface area (Å²) in [6.07, 6.45) is 0.816. The molecule has 0 aliphatic heterocycles. The predicted octanol–water partition coefficient (Wildman–Crippen LogP) is 3.91. The van der Waals surface area contributed by atoms with Crippen LogP contribution in [-0.2, 0) is 6.42 Å². The summed E-state index contributed by atoms with van der Waals surface area (Å²) in [7, 11) is 0. The molecule has 2 N–H and O–H groups in total. The smallest absolute Gasteiger partial charge is 0.230 e. The van der Waals surface area contributed by atoms with Gasteiger partial charge in [-0.2, -0.15) is 0 Å². The second-order valence-electron chi connectivity index (χ2n) is 6.06. The summed E-state index contributed by atoms with van der Waals surface area (Å²) in [6.45, 7) is 9.12. The number of ether oxygens (including phenoxy) is 1. The Balaban J connectivity index is 2.34. The lowest BCUT2D eigenvalue weighted by atomic mass is 9.88. The van der Waals surface area contributed by atoms with E-state index in [4.69, 9.17) is 15.0 Å². The average molecular weight is 274 g/mol. The Kier molecular flexibility index (Phi) is 4.02. The fraction of sp³-hybridized carbons (Fsp3) is 0.438. The summed E-state index contributed by atoms with van der Waals surface area (Å²) in [5.41, 5.74) is 8.86. The van der Waals surface area contributed by atoms with Gasteiger partial charge in [0.2, 0.25) is 5.88 Å². The molecular weight excluding hydrogens is 252 g/mol. The molecule has 2 rings (SSSR count). The topological polar surface area (TPSA) is 61.3 Å². The van der Waals surface area contributed by atoms with Crippen molar-refractivity contribution in [3.05, 3.63) is 30.0 Å². The van der Waals surface area contributed by atoms with Crippen molar-refractivity contribution in [2.45, 2.75) is 34.1 Å². The molecule has 1 aromatic heterocycles. The Morgan fingerprint density at radius 3 is 2.40 bits per heavy atom. The van der Waals surface area contributed by atoms with Gasteiger partial charge in [-0.3, -0.25) is 0 Å². The minimum Gasteiger partial charge on any atom is -0.494 e. The number of nitrogen functional groups attached to an aromatic ring is 1. The SMILES string of the molecule is CCOc1ccc(-c2c(CC(C)(C)C)noc2N)cc1. The van der Waals surface area contributed by atoms with Crippen LogP contribution in [0.1, 0.15) is 33.4 Å². The van der Waals surface area contributed by atoms with E-state index in [1.54, 1.807) is 0 Å². The molecule has 0 aliphatic rings. The zero-order valence-corrected chi connectivity index (χ0v) is 12.6. The molecule has 0 atom stereocenters. The van der Waals surface area contributed by atoms with Crippen LogP contribution in [0, 0.1) is 5.41 Å². The summed E-state index contributed by atoms with van der Waals surface area (Å²) >= 11 is 0. The third-order valence-corrected chi connectivity index (χ3v) is 2.94. The van der Waals surface area contributed by atoms with Crippen molar-refractivity contribution in [2.24, 2.45) is 5.41 Å². The summed E-state index contributed by atoms with van der Waals surface area (Å²) < 4.78 is 10.6. The van der Waals surface area contributed by atoms with Crippen molar-refractivity contribution < 1.29 is 9.26 Å². The second-order valence-corrected chi connectivity index (χ2v) is 6.06. The molecule has 20 heavy (non-hydrogen) atoms. The van der Waals surface area contributed by atoms with E-state index in [1.165, 1.54) is 0 Å². The first kappa shape index (κ1) is 14.4. The number of aromatic nitrogens is 1. The molecule has 1 heterocycles. The third-order valence-electron chi connectivity index (χ3n) is 2.94. The van der Waals surface area contributed by atoms with E-state index in [2.05, 4.69) is 25.9 Å². The van der Waals surface area contributed by atoms with E-state index in [1.807, 2.05) is 31.2 Å². The zero-order chi connectivity index (χ0) is 14.8. The Morgan fingerprint density at radius 1 is 1.20 bits per heavy atom. The van der Waals surface area contributed by atoms with E-state index in [0.717, 1.165) is 29.0 Å². The van der Waals surface area contributed by atoms with Crippen LogP contribution in [0.3, 0.4) is 0 Å². The van der Waals surface area contributed by atoms with E-state index in [0.29, 0.717) is 12.5 Å². The quantitative estimate of drug-likeness (QED) is 0.918. The highest BCUT2D eigenvalue weighted by Crippen LogP contribution is 2.34. The third kappa shape index (κ3) is 3.32. The molecule has 0 saturated heterocycles. The number of anilines is 1. The van der Waals surface area contributed by atoms with Gasteiger partial charge in [0.25, 0.3) is 0 Å². The summed E-state index contributed by atoms with van der Waals surface area (Å²) in [5, 5.41) is 4.10. The van der Waals surface area contributed by atoms with E-state index >= 15 is 0 Å². The molecule has 0 saturated carbocycles. The fourth-order valence-electron chi connectivity index (χ4n) is 2.15. The van der Waals surface area contributed by atoms with Crippen LogP contribution in [0.4, 0.5) is 5.88 Å². The van der Waals surface area contributed by atoms with Gasteiger partial charge in [0.05, 0.1) is 17.9 Å². The highest BCUT2D eigenvalue weighted by Gasteiger charge is 2.21. The van der Waals surface area contributed by atoms with Crippen molar-refractivity contribution in [1.82, 2.24) is 5.16 Å². The molecule has 1 aromatic carbocycles. The van der Waals surface area contributed by atoms with Crippen LogP contribution in [0.25, 0.3) is 11.1 Å². The molecular formula is C16H22N2O2. The van der Waals surface area contributed by atoms with Crippen molar-refractivity contribution in [1.29, 1.82) is 0 Å². The maximum atomic E-state index is 5.93. The molecule has 0 radical (unpaired) electrons. The van der Waals surface area contributed by atoms with Crippen molar-refractivity contribution >= 4 is 5.88 Å². The van der Waals surface area contributed by atoms with Gasteiger partial charge in [0, 0.05) is 0 Å². The molecule has 4 nitrogen and oxygen atoms in total. The molecule has 0 unspecified atom stereocenters. The van der Waals surface area contributed by atoms with Gasteiger partial charge < -0.3 is 15.0 Å². The maximum Gasteiger partial charge on any atom is 0.230 e. The van der Waals surface area contributed by atoms with Crippen LogP contribution in [0.5, 0.6) is 5.75 Å². The Labute approximate surface area is 119 Å². The van der Waals surface area contributed by atoms with Gasteiger partial charge in [0.15, 0.2) is 0 Å². The highest BCUT2D eigenvalue weighted by atomic mass is 16.5. The Bertz CT molecular complexity index is 565. The van der Waals surface area contributed by atoms with Gasteiger partial charge in [-0.05, 0) is 36.5 Å². The first-order valence-electron chi connectivity index (χ1n) is 6.88. The standard InChI is InChI=1S/C16H22N2O2/c1-5-19-12-8-6-11(7-9-12)14-13(10-16(2,3)4)18-20-15(14)17/h6-9H,5,10,17H2,1-4H3. The first-order chi connectivity index (χ1) is 9.40. The van der Waals surface area contributed by atoms with Crippen LogP contribution in [0.2, 0.25) is 0 Å². The fourth-order valence-corrected chi connectivity index (χ4v) is 2.15. The van der Waals surface area contributed by atoms with Gasteiger partial charge in [0.1, 0.15) is 5.75 Å². The van der Waals surface area contributed by atoms with Crippen LogP contribution < -0.4 is 10.5 Å².